The molecule has 0 aromatic heterocycles. The number of unbranched alkanes of at least 4 members (excludes halogenated alkanes) is 34. The Morgan fingerprint density at radius 2 is 0.467 bits per heavy atom. The molecule has 3 N–H and O–H groups in total. The highest BCUT2D eigenvalue weighted by atomic mass is 31.2. The van der Waals surface area contributed by atoms with E-state index in [1.54, 1.807) is 0 Å². The van der Waals surface area contributed by atoms with Gasteiger partial charge in [-0.25, -0.2) is 9.13 Å². The molecular weight excluding hydrogens is 1190 g/mol. The Bertz CT molecular complexity index is 1780. The number of rotatable bonds is 68. The minimum atomic E-state index is -4.95. The Hall–Kier alpha value is -1.94. The Morgan fingerprint density at radius 1 is 0.278 bits per heavy atom. The molecule has 0 aliphatic carbocycles. The van der Waals surface area contributed by atoms with Crippen LogP contribution in [0.25, 0.3) is 0 Å². The van der Waals surface area contributed by atoms with Crippen molar-refractivity contribution in [3.8, 4) is 0 Å². The number of phosphoric ester groups is 2. The summed E-state index contributed by atoms with van der Waals surface area (Å²) < 4.78 is 68.2. The normalized spacial score (nSPS) is 14.3. The van der Waals surface area contributed by atoms with Gasteiger partial charge < -0.3 is 33.8 Å². The zero-order valence-electron chi connectivity index (χ0n) is 58.8. The highest BCUT2D eigenvalue weighted by molar-refractivity contribution is 7.47. The quantitative estimate of drug-likeness (QED) is 0.0222. The van der Waals surface area contributed by atoms with Crippen molar-refractivity contribution in [1.82, 2.24) is 0 Å². The molecule has 0 fully saturated rings. The average molecular weight is 1330 g/mol. The zero-order valence-corrected chi connectivity index (χ0v) is 60.6. The van der Waals surface area contributed by atoms with Gasteiger partial charge in [0.05, 0.1) is 26.4 Å². The van der Waals surface area contributed by atoms with Gasteiger partial charge >= 0.3 is 39.5 Å². The number of aliphatic hydroxyl groups is 1. The van der Waals surface area contributed by atoms with Gasteiger partial charge in [0.1, 0.15) is 19.3 Å². The van der Waals surface area contributed by atoms with Gasteiger partial charge in [-0.3, -0.25) is 37.3 Å². The first-order valence-corrected chi connectivity index (χ1v) is 39.7. The number of carbonyl (C=O) groups excluding carboxylic acids is 4. The van der Waals surface area contributed by atoms with Gasteiger partial charge in [0.2, 0.25) is 0 Å². The van der Waals surface area contributed by atoms with E-state index in [0.29, 0.717) is 37.5 Å². The molecule has 0 aliphatic rings. The summed E-state index contributed by atoms with van der Waals surface area (Å²) in [5.74, 6) is 0.782. The van der Waals surface area contributed by atoms with Crippen molar-refractivity contribution in [2.24, 2.45) is 23.7 Å². The number of hydrogen-bond acceptors (Lipinski definition) is 15. The lowest BCUT2D eigenvalue weighted by molar-refractivity contribution is -0.161. The number of phosphoric acid groups is 2. The lowest BCUT2D eigenvalue weighted by atomic mass is 10.0. The Morgan fingerprint density at radius 3 is 0.689 bits per heavy atom. The van der Waals surface area contributed by atoms with E-state index in [0.717, 1.165) is 108 Å². The number of hydrogen-bond donors (Lipinski definition) is 3. The second kappa shape index (κ2) is 60.7. The third kappa shape index (κ3) is 64.8. The highest BCUT2D eigenvalue weighted by Gasteiger charge is 2.30. The minimum absolute atomic E-state index is 0.101. The Balaban J connectivity index is 5.16. The first kappa shape index (κ1) is 88.1. The SMILES string of the molecule is CC(C)CCCCCCCCCCCCCCCCCCC(=O)O[C@H](COC(=O)CCCCCCCCC(C)C)COP(=O)(O)OCC(O)COP(=O)(O)OC[C@@H](COC(=O)CCCCCCCCCCCCC(C)C)OC(=O)CCCCCCCCC(C)C. The van der Waals surface area contributed by atoms with Gasteiger partial charge in [-0.15, -0.1) is 0 Å². The molecular formula is C71H138O17P2. The molecule has 17 nitrogen and oxygen atoms in total. The summed E-state index contributed by atoms with van der Waals surface area (Å²) in [6.07, 6.45) is 43.5. The number of aliphatic hydroxyl groups excluding tert-OH is 1. The predicted molar refractivity (Wildman–Crippen MR) is 363 cm³/mol. The van der Waals surface area contributed by atoms with Crippen molar-refractivity contribution < 1.29 is 80.2 Å². The van der Waals surface area contributed by atoms with Crippen molar-refractivity contribution in [1.29, 1.82) is 0 Å². The number of ether oxygens (including phenoxy) is 4. The molecule has 3 unspecified atom stereocenters. The fourth-order valence-corrected chi connectivity index (χ4v) is 12.2. The van der Waals surface area contributed by atoms with Gasteiger partial charge in [-0.05, 0) is 49.4 Å². The maximum absolute atomic E-state index is 13.0. The smallest absolute Gasteiger partial charge is 0.462 e. The minimum Gasteiger partial charge on any atom is -0.462 e. The predicted octanol–water partition coefficient (Wildman–Crippen LogP) is 20.1. The van der Waals surface area contributed by atoms with Gasteiger partial charge in [-0.2, -0.15) is 0 Å². The molecule has 0 aromatic carbocycles. The van der Waals surface area contributed by atoms with Crippen LogP contribution in [0.1, 0.15) is 351 Å². The summed E-state index contributed by atoms with van der Waals surface area (Å²) in [5, 5.41) is 10.6. The van der Waals surface area contributed by atoms with E-state index >= 15 is 0 Å². The number of esters is 4. The topological polar surface area (TPSA) is 237 Å². The zero-order chi connectivity index (χ0) is 66.8. The maximum Gasteiger partial charge on any atom is 0.472 e. The van der Waals surface area contributed by atoms with Gasteiger partial charge in [-0.1, -0.05) is 299 Å². The van der Waals surface area contributed by atoms with Crippen LogP contribution in [0.4, 0.5) is 0 Å². The highest BCUT2D eigenvalue weighted by Crippen LogP contribution is 2.45. The summed E-state index contributed by atoms with van der Waals surface area (Å²) in [6.45, 7) is 14.0. The van der Waals surface area contributed by atoms with E-state index in [1.807, 2.05) is 0 Å². The molecule has 0 heterocycles. The van der Waals surface area contributed by atoms with Crippen LogP contribution in [-0.4, -0.2) is 96.7 Å². The summed E-state index contributed by atoms with van der Waals surface area (Å²) in [5.41, 5.74) is 0. The first-order chi connectivity index (χ1) is 43.1. The molecule has 5 atom stereocenters. The Kier molecular flexibility index (Phi) is 59.4. The molecule has 0 saturated heterocycles. The molecule has 0 radical (unpaired) electrons. The lowest BCUT2D eigenvalue weighted by Crippen LogP contribution is -2.30. The van der Waals surface area contributed by atoms with E-state index < -0.39 is 97.5 Å². The van der Waals surface area contributed by atoms with Crippen LogP contribution >= 0.6 is 15.6 Å². The van der Waals surface area contributed by atoms with Gasteiger partial charge in [0.15, 0.2) is 12.2 Å². The fraction of sp³-hybridized carbons (Fsp3) is 0.944. The molecule has 0 spiro atoms. The third-order valence-electron chi connectivity index (χ3n) is 16.3. The van der Waals surface area contributed by atoms with Crippen LogP contribution in [0.2, 0.25) is 0 Å². The summed E-state index contributed by atoms with van der Waals surface area (Å²) in [7, 11) is -9.90. The molecule has 0 bridgehead atoms. The standard InChI is InChI=1S/C71H138O17P2/c1-61(2)47-39-31-23-19-15-13-11-9-10-12-14-16-22-26-37-45-53-70(75)87-66(58-82-69(74)52-44-36-29-27-33-41-49-63(5)6)59-85-89(77,78)83-55-65(72)56-84-90(79,80)86-60-67(88-71(76)54-46-38-30-28-34-42-50-64(7)8)57-81-68(73)51-43-35-25-21-18-17-20-24-32-40-48-62(3)4/h61-67,72H,9-60H2,1-8H3,(H,77,78)(H,79,80)/t65?,66-,67-/m1/s1. The van der Waals surface area contributed by atoms with Crippen molar-refractivity contribution in [3.05, 3.63) is 0 Å². The van der Waals surface area contributed by atoms with E-state index in [4.69, 9.17) is 37.0 Å². The van der Waals surface area contributed by atoms with Gasteiger partial charge in [0.25, 0.3) is 0 Å². The summed E-state index contributed by atoms with van der Waals surface area (Å²) in [6, 6.07) is 0. The van der Waals surface area contributed by atoms with E-state index in [1.165, 1.54) is 148 Å². The first-order valence-electron chi connectivity index (χ1n) is 36.7. The fourth-order valence-electron chi connectivity index (χ4n) is 10.7. The molecule has 19 heteroatoms. The molecule has 90 heavy (non-hydrogen) atoms. The van der Waals surface area contributed by atoms with E-state index in [-0.39, 0.29) is 25.7 Å². The monoisotopic (exact) mass is 1320 g/mol. The van der Waals surface area contributed by atoms with Crippen LogP contribution in [0.15, 0.2) is 0 Å². The van der Waals surface area contributed by atoms with Crippen LogP contribution in [0.3, 0.4) is 0 Å². The van der Waals surface area contributed by atoms with E-state index in [9.17, 15) is 43.2 Å². The number of carbonyl (C=O) groups is 4. The lowest BCUT2D eigenvalue weighted by Gasteiger charge is -2.21. The van der Waals surface area contributed by atoms with Crippen LogP contribution < -0.4 is 0 Å². The molecule has 534 valence electrons. The largest absolute Gasteiger partial charge is 0.472 e. The van der Waals surface area contributed by atoms with Crippen LogP contribution in [0.5, 0.6) is 0 Å². The molecule has 0 aromatic rings. The average Bonchev–Trinajstić information content (AvgIpc) is 2.78. The molecule has 0 aliphatic heterocycles. The second-order valence-electron chi connectivity index (χ2n) is 27.5. The van der Waals surface area contributed by atoms with Crippen LogP contribution in [0, 0.1) is 23.7 Å². The van der Waals surface area contributed by atoms with Crippen molar-refractivity contribution in [2.75, 3.05) is 39.6 Å². The van der Waals surface area contributed by atoms with Crippen molar-refractivity contribution >= 4 is 39.5 Å². The molecule has 0 rings (SSSR count). The van der Waals surface area contributed by atoms with Crippen molar-refractivity contribution in [3.63, 3.8) is 0 Å². The summed E-state index contributed by atoms with van der Waals surface area (Å²) >= 11 is 0. The third-order valence-corrected chi connectivity index (χ3v) is 18.2. The van der Waals surface area contributed by atoms with Gasteiger partial charge in [0, 0.05) is 25.7 Å². The maximum atomic E-state index is 13.0. The summed E-state index contributed by atoms with van der Waals surface area (Å²) in [4.78, 5) is 72.5. The van der Waals surface area contributed by atoms with Crippen molar-refractivity contribution in [2.45, 2.75) is 369 Å². The van der Waals surface area contributed by atoms with E-state index in [2.05, 4.69) is 55.4 Å². The molecule has 0 amide bonds. The molecule has 0 saturated carbocycles. The Labute approximate surface area is 549 Å². The second-order valence-corrected chi connectivity index (χ2v) is 30.4. The van der Waals surface area contributed by atoms with Crippen LogP contribution in [-0.2, 0) is 65.4 Å².